The zero-order valence-electron chi connectivity index (χ0n) is 37.4. The Hall–Kier alpha value is -5.41. The molecular formula is C49H57ClF3N7O5. The van der Waals surface area contributed by atoms with Gasteiger partial charge in [-0.1, -0.05) is 43.0 Å². The number of hydrogen-bond acceptors (Lipinski definition) is 9. The molecule has 12 nitrogen and oxygen atoms in total. The van der Waals surface area contributed by atoms with E-state index in [0.717, 1.165) is 75.7 Å². The van der Waals surface area contributed by atoms with Crippen LogP contribution in [0, 0.1) is 24.4 Å². The normalized spacial score (nSPS) is 19.7. The van der Waals surface area contributed by atoms with Crippen molar-refractivity contribution in [2.75, 3.05) is 71.0 Å². The van der Waals surface area contributed by atoms with Crippen molar-refractivity contribution in [1.29, 1.82) is 0 Å². The molecule has 1 N–H and O–H groups in total. The van der Waals surface area contributed by atoms with E-state index in [0.29, 0.717) is 66.7 Å². The third-order valence-corrected chi connectivity index (χ3v) is 14.0. The van der Waals surface area contributed by atoms with Gasteiger partial charge in [0, 0.05) is 62.9 Å². The van der Waals surface area contributed by atoms with Crippen molar-refractivity contribution in [3.05, 3.63) is 92.8 Å². The topological polar surface area (TPSA) is 118 Å². The molecule has 5 heterocycles. The molecule has 0 bridgehead atoms. The minimum absolute atomic E-state index is 0.101. The van der Waals surface area contributed by atoms with Crippen molar-refractivity contribution in [2.24, 2.45) is 4.99 Å². The van der Waals surface area contributed by atoms with Crippen LogP contribution >= 0.6 is 11.6 Å². The number of hydrogen-bond donors (Lipinski definition) is 1. The maximum absolute atomic E-state index is 16.8. The number of carbonyl (C=O) groups is 4. The first-order chi connectivity index (χ1) is 31.3. The number of unbranched alkanes of at least 4 members (excludes halogenated alkanes) is 4. The summed E-state index contributed by atoms with van der Waals surface area (Å²) in [5.74, 6) is -1.88. The van der Waals surface area contributed by atoms with Crippen molar-refractivity contribution in [2.45, 2.75) is 90.1 Å². The fraction of sp³-hybridized carbons (Fsp3) is 0.490. The molecule has 0 saturated carbocycles. The zero-order chi connectivity index (χ0) is 45.9. The summed E-state index contributed by atoms with van der Waals surface area (Å²) < 4.78 is 53.6. The molecule has 1 atom stereocenters. The molecule has 1 unspecified atom stereocenters. The molecule has 65 heavy (non-hydrogen) atoms. The number of aliphatic imine (C=N–C) groups is 1. The van der Waals surface area contributed by atoms with Crippen LogP contribution < -0.4 is 15.0 Å². The van der Waals surface area contributed by atoms with Gasteiger partial charge in [0.25, 0.3) is 11.8 Å². The van der Waals surface area contributed by atoms with Gasteiger partial charge in [0.1, 0.15) is 41.0 Å². The van der Waals surface area contributed by atoms with Crippen molar-refractivity contribution in [3.8, 4) is 16.9 Å². The zero-order valence-corrected chi connectivity index (χ0v) is 38.1. The van der Waals surface area contributed by atoms with Crippen molar-refractivity contribution >= 4 is 46.8 Å². The summed E-state index contributed by atoms with van der Waals surface area (Å²) in [6.07, 6.45) is 8.47. The molecule has 16 heteroatoms. The molecule has 4 amide bonds. The highest BCUT2D eigenvalue weighted by atomic mass is 35.5. The van der Waals surface area contributed by atoms with E-state index in [1.807, 2.05) is 6.07 Å². The van der Waals surface area contributed by atoms with E-state index in [4.69, 9.17) is 21.3 Å². The number of halogens is 4. The van der Waals surface area contributed by atoms with Gasteiger partial charge in [-0.05, 0) is 119 Å². The second kappa shape index (κ2) is 20.0. The largest absolute Gasteiger partial charge is 0.493 e. The molecule has 0 spiro atoms. The van der Waals surface area contributed by atoms with Crippen LogP contribution in [0.1, 0.15) is 103 Å². The Kier molecular flexibility index (Phi) is 14.2. The number of aryl methyl sites for hydroxylation is 1. The Labute approximate surface area is 383 Å². The summed E-state index contributed by atoms with van der Waals surface area (Å²) in [5.41, 5.74) is 3.76. The number of fused-ring (bicyclic) bond motifs is 2. The molecule has 3 fully saturated rings. The van der Waals surface area contributed by atoms with Crippen molar-refractivity contribution < 1.29 is 37.1 Å². The van der Waals surface area contributed by atoms with Gasteiger partial charge in [0.05, 0.1) is 17.9 Å². The number of imide groups is 1. The molecule has 5 aliphatic rings. The van der Waals surface area contributed by atoms with Gasteiger partial charge in [-0.3, -0.25) is 24.5 Å². The van der Waals surface area contributed by atoms with Gasteiger partial charge < -0.3 is 29.2 Å². The quantitative estimate of drug-likeness (QED) is 0.107. The van der Waals surface area contributed by atoms with E-state index in [-0.39, 0.29) is 65.9 Å². The van der Waals surface area contributed by atoms with Crippen LogP contribution in [0.15, 0.2) is 52.5 Å². The standard InChI is InChI=1S/C49H57ClF3N7O5/c1-4-37(50)49(64)59-22-20-58(21-23-59)46-35-25-30(2)42(44(53)45(35)56(3)29-54-46)43-38(52)11-10-12-40(43)65-24-9-7-5-6-8-17-57-18-15-31(16-19-57)33-26-32(51)27-34-36(33)28-60(48(34)63)39-13-14-41(61)55-47(39)62/h4,10-12,25-27,31,39H,5-9,13-24,28-29H2,1-3H3,(H,55,61,62)/b37-4-. The summed E-state index contributed by atoms with van der Waals surface area (Å²) in [6.45, 7) is 8.95. The highest BCUT2D eigenvalue weighted by molar-refractivity contribution is 6.42. The average molecular weight is 916 g/mol. The van der Waals surface area contributed by atoms with Gasteiger partial charge in [-0.15, -0.1) is 0 Å². The van der Waals surface area contributed by atoms with Gasteiger partial charge in [-0.2, -0.15) is 0 Å². The van der Waals surface area contributed by atoms with Crippen LogP contribution in [0.2, 0.25) is 0 Å². The first-order valence-corrected chi connectivity index (χ1v) is 23.3. The number of benzene rings is 3. The molecule has 0 aliphatic carbocycles. The number of amidine groups is 1. The van der Waals surface area contributed by atoms with Crippen molar-refractivity contribution in [3.63, 3.8) is 0 Å². The maximum Gasteiger partial charge on any atom is 0.265 e. The maximum atomic E-state index is 16.8. The lowest BCUT2D eigenvalue weighted by atomic mass is 9.85. The first-order valence-electron chi connectivity index (χ1n) is 22.9. The van der Waals surface area contributed by atoms with Crippen LogP contribution in [0.4, 0.5) is 18.9 Å². The van der Waals surface area contributed by atoms with Crippen LogP contribution in [0.3, 0.4) is 0 Å². The number of rotatable bonds is 13. The van der Waals surface area contributed by atoms with E-state index >= 15 is 8.78 Å². The predicted molar refractivity (Wildman–Crippen MR) is 244 cm³/mol. The van der Waals surface area contributed by atoms with Gasteiger partial charge in [0.15, 0.2) is 5.82 Å². The number of likely N-dealkylation sites (tertiary alicyclic amines) is 1. The van der Waals surface area contributed by atoms with Crippen LogP contribution in [0.5, 0.6) is 5.75 Å². The lowest BCUT2D eigenvalue weighted by Crippen LogP contribution is -2.52. The minimum atomic E-state index is -0.737. The molecular weight excluding hydrogens is 859 g/mol. The molecule has 8 rings (SSSR count). The second-order valence-electron chi connectivity index (χ2n) is 17.8. The molecule has 3 aromatic carbocycles. The Balaban J connectivity index is 0.804. The van der Waals surface area contributed by atoms with E-state index in [2.05, 4.69) is 15.1 Å². The number of allylic oxidation sites excluding steroid dienone is 1. The predicted octanol–water partition coefficient (Wildman–Crippen LogP) is 7.49. The molecule has 346 valence electrons. The SMILES string of the molecule is C/C=C(\Cl)C(=O)N1CCN(C2=NCN(C)c3c2cc(C)c(-c2c(F)cccc2OCCCCCCCN2CCC(c4cc(F)cc5c4CN(C4CCC(=O)NC4=O)C5=O)CC2)c3F)CC1. The lowest BCUT2D eigenvalue weighted by Gasteiger charge is -2.39. The number of nitrogens with one attached hydrogen (secondary N) is 1. The Morgan fingerprint density at radius 3 is 2.40 bits per heavy atom. The minimum Gasteiger partial charge on any atom is -0.493 e. The van der Waals surface area contributed by atoms with Crippen molar-refractivity contribution in [1.82, 2.24) is 24.9 Å². The number of carbonyl (C=O) groups excluding carboxylic acids is 4. The summed E-state index contributed by atoms with van der Waals surface area (Å²) in [4.78, 5) is 64.4. The highest BCUT2D eigenvalue weighted by Crippen LogP contribution is 2.43. The molecule has 3 aromatic rings. The van der Waals surface area contributed by atoms with Gasteiger partial charge in [0.2, 0.25) is 11.8 Å². The number of nitrogens with zero attached hydrogens (tertiary/aromatic N) is 6. The van der Waals surface area contributed by atoms with E-state index in [1.165, 1.54) is 17.0 Å². The molecule has 0 radical (unpaired) electrons. The summed E-state index contributed by atoms with van der Waals surface area (Å²) in [7, 11) is 1.77. The fourth-order valence-electron chi connectivity index (χ4n) is 10.1. The van der Waals surface area contributed by atoms with Crippen LogP contribution in [-0.4, -0.2) is 121 Å². The molecule has 5 aliphatic heterocycles. The lowest BCUT2D eigenvalue weighted by molar-refractivity contribution is -0.137. The monoisotopic (exact) mass is 915 g/mol. The third kappa shape index (κ3) is 9.63. The summed E-state index contributed by atoms with van der Waals surface area (Å²) >= 11 is 6.10. The number of amides is 4. The van der Waals surface area contributed by atoms with Gasteiger partial charge in [-0.25, -0.2) is 18.2 Å². The number of ether oxygens (including phenoxy) is 1. The Bertz CT molecular complexity index is 2410. The van der Waals surface area contributed by atoms with Crippen LogP contribution in [0.25, 0.3) is 11.1 Å². The molecule has 3 saturated heterocycles. The van der Waals surface area contributed by atoms with E-state index < -0.39 is 29.4 Å². The number of piperidine rings is 2. The highest BCUT2D eigenvalue weighted by Gasteiger charge is 2.41. The second-order valence-corrected chi connectivity index (χ2v) is 18.2. The van der Waals surface area contributed by atoms with E-state index in [1.54, 1.807) is 55.0 Å². The third-order valence-electron chi connectivity index (χ3n) is 13.6. The van der Waals surface area contributed by atoms with Gasteiger partial charge >= 0.3 is 0 Å². The average Bonchev–Trinajstić information content (AvgIpc) is 3.62. The molecule has 0 aromatic heterocycles. The smallest absolute Gasteiger partial charge is 0.265 e. The first kappa shape index (κ1) is 46.1. The van der Waals surface area contributed by atoms with E-state index in [9.17, 15) is 23.6 Å². The number of piperazine rings is 1. The summed E-state index contributed by atoms with van der Waals surface area (Å²) in [5, 5.41) is 2.51. The Morgan fingerprint density at radius 1 is 0.923 bits per heavy atom. The summed E-state index contributed by atoms with van der Waals surface area (Å²) in [6, 6.07) is 8.56. The fourth-order valence-corrected chi connectivity index (χ4v) is 10.2. The van der Waals surface area contributed by atoms with Crippen LogP contribution in [-0.2, 0) is 20.9 Å². The Morgan fingerprint density at radius 2 is 1.66 bits per heavy atom. The number of anilines is 1.